The molecule has 6 nitrogen and oxygen atoms in total. The number of anilines is 2. The fraction of sp³-hybridized carbons (Fsp3) is 0.211. The molecule has 0 aliphatic rings. The van der Waals surface area contributed by atoms with Crippen molar-refractivity contribution in [2.75, 3.05) is 16.6 Å². The Morgan fingerprint density at radius 3 is 2.56 bits per heavy atom. The van der Waals surface area contributed by atoms with E-state index in [9.17, 15) is 17.6 Å². The average molecular weight is 390 g/mol. The first kappa shape index (κ1) is 18.9. The number of hydrogen-bond donors (Lipinski definition) is 2. The molecule has 0 saturated carbocycles. The molecule has 0 aliphatic carbocycles. The van der Waals surface area contributed by atoms with Crippen molar-refractivity contribution in [2.24, 2.45) is 0 Å². The zero-order valence-corrected chi connectivity index (χ0v) is 15.7. The van der Waals surface area contributed by atoms with Gasteiger partial charge in [0.25, 0.3) is 10.0 Å². The van der Waals surface area contributed by atoms with Crippen LogP contribution < -0.4 is 15.7 Å². The largest absolute Gasteiger partial charge is 0.421 e. The maximum Gasteiger partial charge on any atom is 0.363 e. The van der Waals surface area contributed by atoms with Gasteiger partial charge in [0, 0.05) is 11.9 Å². The molecule has 0 aliphatic heterocycles. The lowest BCUT2D eigenvalue weighted by Crippen LogP contribution is -2.21. The Bertz CT molecular complexity index is 1160. The number of hydrogen-bond acceptors (Lipinski definition) is 5. The molecule has 8 heteroatoms. The van der Waals surface area contributed by atoms with Crippen LogP contribution in [0.3, 0.4) is 0 Å². The van der Waals surface area contributed by atoms with Crippen LogP contribution in [-0.4, -0.2) is 15.0 Å². The van der Waals surface area contributed by atoms with Gasteiger partial charge in [-0.3, -0.25) is 4.72 Å². The third-order valence-corrected chi connectivity index (χ3v) is 5.39. The summed E-state index contributed by atoms with van der Waals surface area (Å²) in [5.74, 6) is -0.510. The van der Waals surface area contributed by atoms with Gasteiger partial charge in [0.2, 0.25) is 0 Å². The van der Waals surface area contributed by atoms with Crippen LogP contribution in [0.15, 0.2) is 56.6 Å². The highest BCUT2D eigenvalue weighted by atomic mass is 32.2. The molecule has 2 N–H and O–H groups in total. The summed E-state index contributed by atoms with van der Waals surface area (Å²) < 4.78 is 46.5. The number of nitrogens with one attached hydrogen (secondary N) is 2. The highest BCUT2D eigenvalue weighted by Crippen LogP contribution is 2.30. The second-order valence-electron chi connectivity index (χ2n) is 6.08. The number of halogens is 1. The number of rotatable bonds is 6. The van der Waals surface area contributed by atoms with Gasteiger partial charge in [-0.2, -0.15) is 0 Å². The minimum Gasteiger partial charge on any atom is -0.421 e. The van der Waals surface area contributed by atoms with Gasteiger partial charge in [-0.1, -0.05) is 19.1 Å². The van der Waals surface area contributed by atoms with E-state index in [4.69, 9.17) is 4.42 Å². The number of aryl methyl sites for hydroxylation is 1. The molecule has 27 heavy (non-hydrogen) atoms. The molecule has 2 aromatic carbocycles. The molecule has 0 radical (unpaired) electrons. The lowest BCUT2D eigenvalue weighted by molar-refractivity contribution is 0.563. The Labute approximate surface area is 156 Å². The highest BCUT2D eigenvalue weighted by Gasteiger charge is 2.22. The van der Waals surface area contributed by atoms with E-state index < -0.39 is 21.5 Å². The van der Waals surface area contributed by atoms with E-state index in [1.807, 2.05) is 6.92 Å². The van der Waals surface area contributed by atoms with E-state index in [-0.39, 0.29) is 16.1 Å². The van der Waals surface area contributed by atoms with Crippen molar-refractivity contribution in [3.63, 3.8) is 0 Å². The quantitative estimate of drug-likeness (QED) is 0.624. The van der Waals surface area contributed by atoms with Crippen molar-refractivity contribution in [2.45, 2.75) is 25.2 Å². The molecular weight excluding hydrogens is 371 g/mol. The van der Waals surface area contributed by atoms with Crippen LogP contribution >= 0.6 is 0 Å². The van der Waals surface area contributed by atoms with Gasteiger partial charge < -0.3 is 9.73 Å². The van der Waals surface area contributed by atoms with Crippen LogP contribution in [0, 0.1) is 12.7 Å². The summed E-state index contributed by atoms with van der Waals surface area (Å²) in [6, 6.07) is 10.3. The first-order valence-electron chi connectivity index (χ1n) is 8.42. The summed E-state index contributed by atoms with van der Waals surface area (Å²) in [5, 5.41) is 3.68. The van der Waals surface area contributed by atoms with Crippen LogP contribution in [0.4, 0.5) is 15.8 Å². The Kier molecular flexibility index (Phi) is 5.18. The van der Waals surface area contributed by atoms with Crippen LogP contribution in [0.5, 0.6) is 0 Å². The zero-order chi connectivity index (χ0) is 19.6. The Morgan fingerprint density at radius 1 is 1.11 bits per heavy atom. The van der Waals surface area contributed by atoms with Crippen molar-refractivity contribution >= 4 is 32.4 Å². The normalized spacial score (nSPS) is 11.5. The second-order valence-corrected chi connectivity index (χ2v) is 7.76. The molecule has 0 fully saturated rings. The minimum absolute atomic E-state index is 0.143. The van der Waals surface area contributed by atoms with Crippen molar-refractivity contribution in [3.8, 4) is 0 Å². The summed E-state index contributed by atoms with van der Waals surface area (Å²) in [7, 11) is -4.11. The SMILES string of the molecule is CCCNc1c(NS(=O)(=O)c2ccc(F)c(C)c2)c(=O)oc2ccccc12. The molecule has 0 atom stereocenters. The van der Waals surface area contributed by atoms with Crippen molar-refractivity contribution in [1.29, 1.82) is 0 Å². The van der Waals surface area contributed by atoms with Gasteiger partial charge in [0.15, 0.2) is 5.69 Å². The van der Waals surface area contributed by atoms with E-state index in [0.717, 1.165) is 18.6 Å². The Balaban J connectivity index is 2.14. The van der Waals surface area contributed by atoms with Crippen LogP contribution in [0.1, 0.15) is 18.9 Å². The van der Waals surface area contributed by atoms with E-state index in [1.54, 1.807) is 24.3 Å². The van der Waals surface area contributed by atoms with E-state index in [0.29, 0.717) is 23.2 Å². The van der Waals surface area contributed by atoms with Crippen LogP contribution in [-0.2, 0) is 10.0 Å². The molecule has 0 saturated heterocycles. The van der Waals surface area contributed by atoms with E-state index in [2.05, 4.69) is 10.0 Å². The van der Waals surface area contributed by atoms with Crippen molar-refractivity contribution in [3.05, 3.63) is 64.3 Å². The molecule has 0 amide bonds. The third-order valence-electron chi connectivity index (χ3n) is 4.04. The van der Waals surface area contributed by atoms with Crippen LogP contribution in [0.25, 0.3) is 11.0 Å². The first-order valence-corrected chi connectivity index (χ1v) is 9.90. The lowest BCUT2D eigenvalue weighted by Gasteiger charge is -2.15. The zero-order valence-electron chi connectivity index (χ0n) is 14.9. The molecular formula is C19H19FN2O4S. The maximum atomic E-state index is 13.5. The fourth-order valence-corrected chi connectivity index (χ4v) is 3.80. The summed E-state index contributed by atoms with van der Waals surface area (Å²) >= 11 is 0. The topological polar surface area (TPSA) is 88.4 Å². The van der Waals surface area contributed by atoms with Gasteiger partial charge in [-0.15, -0.1) is 0 Å². The maximum absolute atomic E-state index is 13.5. The Morgan fingerprint density at radius 2 is 1.85 bits per heavy atom. The summed E-state index contributed by atoms with van der Waals surface area (Å²) in [6.07, 6.45) is 0.776. The number of sulfonamides is 1. The van der Waals surface area contributed by atoms with Gasteiger partial charge >= 0.3 is 5.63 Å². The van der Waals surface area contributed by atoms with Crippen molar-refractivity contribution in [1.82, 2.24) is 0 Å². The molecule has 0 spiro atoms. The van der Waals surface area contributed by atoms with Crippen molar-refractivity contribution < 1.29 is 17.2 Å². The standard InChI is InChI=1S/C19H19FN2O4S/c1-3-10-21-17-14-6-4-5-7-16(14)26-19(23)18(17)22-27(24,25)13-8-9-15(20)12(2)11-13/h4-9,11,21-22H,3,10H2,1-2H3. The van der Waals surface area contributed by atoms with Gasteiger partial charge in [-0.25, -0.2) is 17.6 Å². The molecule has 3 aromatic rings. The summed E-state index contributed by atoms with van der Waals surface area (Å²) in [4.78, 5) is 12.3. The molecule has 0 unspecified atom stereocenters. The van der Waals surface area contributed by atoms with E-state index >= 15 is 0 Å². The third kappa shape index (κ3) is 3.80. The monoisotopic (exact) mass is 390 g/mol. The molecule has 1 aromatic heterocycles. The summed E-state index contributed by atoms with van der Waals surface area (Å²) in [5.41, 5.74) is -0.126. The Hall–Kier alpha value is -2.87. The molecule has 0 bridgehead atoms. The predicted octanol–water partition coefficient (Wildman–Crippen LogP) is 3.86. The number of benzene rings is 2. The summed E-state index contributed by atoms with van der Waals surface area (Å²) in [6.45, 7) is 3.95. The molecule has 3 rings (SSSR count). The molecule has 142 valence electrons. The number of para-hydroxylation sites is 1. The van der Waals surface area contributed by atoms with Gasteiger partial charge in [-0.05, 0) is 49.2 Å². The number of fused-ring (bicyclic) bond motifs is 1. The van der Waals surface area contributed by atoms with Gasteiger partial charge in [0.05, 0.1) is 10.6 Å². The highest BCUT2D eigenvalue weighted by molar-refractivity contribution is 7.92. The van der Waals surface area contributed by atoms with Crippen LogP contribution in [0.2, 0.25) is 0 Å². The first-order chi connectivity index (χ1) is 12.8. The average Bonchev–Trinajstić information content (AvgIpc) is 2.63. The second kappa shape index (κ2) is 7.40. The van der Waals surface area contributed by atoms with Gasteiger partial charge in [0.1, 0.15) is 11.4 Å². The fourth-order valence-electron chi connectivity index (χ4n) is 2.65. The predicted molar refractivity (Wildman–Crippen MR) is 103 cm³/mol. The minimum atomic E-state index is -4.11. The van der Waals surface area contributed by atoms with E-state index in [1.165, 1.54) is 13.0 Å². The smallest absolute Gasteiger partial charge is 0.363 e. The molecule has 1 heterocycles. The lowest BCUT2D eigenvalue weighted by atomic mass is 10.2.